The molecule has 2 aliphatic heterocycles. The standard InChI is InChI=1S/C49H93N15O8S/c1-37-57-40-36-73-41(48(40)58-37)18-3-4-19-42(66)56-25-11-5-17-39(49(55)72)59-43(67)31-61(27-13-7-21-51)45(69)33-63(29-15-9-23-53)47(71)35-64(30-16-10-24-54)46(70)34-62(28-14-8-22-52)44(68)32-60(38(2)65)26-12-6-20-50/h39-41,48,57-58H,1,3-36,50-54H2,2H3,(H2,55,72)(H,56,66)(H,59,67)/t39-,40-,41?,48-/m0/s1. The van der Waals surface area contributed by atoms with Crippen LogP contribution in [0.25, 0.3) is 0 Å². The van der Waals surface area contributed by atoms with Crippen LogP contribution < -0.4 is 55.7 Å². The fourth-order valence-electron chi connectivity index (χ4n) is 8.67. The zero-order chi connectivity index (χ0) is 54.0. The van der Waals surface area contributed by atoms with Gasteiger partial charge in [-0.2, -0.15) is 11.8 Å². The van der Waals surface area contributed by atoms with E-state index in [1.54, 1.807) is 0 Å². The van der Waals surface area contributed by atoms with E-state index >= 15 is 0 Å². The van der Waals surface area contributed by atoms with Gasteiger partial charge in [-0.15, -0.1) is 0 Å². The smallest absolute Gasteiger partial charge is 0.242 e. The molecule has 0 aromatic rings. The lowest BCUT2D eigenvalue weighted by molar-refractivity contribution is -0.147. The van der Waals surface area contributed by atoms with Crippen molar-refractivity contribution < 1.29 is 38.4 Å². The summed E-state index contributed by atoms with van der Waals surface area (Å²) >= 11 is 1.95. The van der Waals surface area contributed by atoms with Gasteiger partial charge in [0.1, 0.15) is 6.04 Å². The molecule has 8 amide bonds. The second-order valence-corrected chi connectivity index (χ2v) is 20.3. The van der Waals surface area contributed by atoms with Gasteiger partial charge in [0.2, 0.25) is 47.3 Å². The third-order valence-corrected chi connectivity index (χ3v) is 14.5. The largest absolute Gasteiger partial charge is 0.368 e. The Kier molecular flexibility index (Phi) is 33.4. The molecule has 73 heavy (non-hydrogen) atoms. The number of carbonyl (C=O) groups is 8. The summed E-state index contributed by atoms with van der Waals surface area (Å²) in [5.41, 5.74) is 34.4. The van der Waals surface area contributed by atoms with Gasteiger partial charge in [0, 0.05) is 63.6 Å². The van der Waals surface area contributed by atoms with E-state index in [1.165, 1.54) is 31.4 Å². The number of primary amides is 1. The minimum Gasteiger partial charge on any atom is -0.368 e. The number of nitrogens with two attached hydrogens (primary N) is 6. The number of hydrogen-bond acceptors (Lipinski definition) is 16. The number of rotatable bonds is 42. The predicted molar refractivity (Wildman–Crippen MR) is 286 cm³/mol. The number of carbonyl (C=O) groups excluding carboxylic acids is 8. The molecule has 23 nitrogen and oxygen atoms in total. The molecule has 0 spiro atoms. The Morgan fingerprint density at radius 2 is 1.01 bits per heavy atom. The molecule has 4 atom stereocenters. The summed E-state index contributed by atoms with van der Waals surface area (Å²) in [6.07, 6.45) is 9.97. The first-order valence-corrected chi connectivity index (χ1v) is 27.7. The maximum absolute atomic E-state index is 14.2. The molecule has 16 N–H and O–H groups in total. The highest BCUT2D eigenvalue weighted by Gasteiger charge is 2.40. The molecular weight excluding hydrogens is 959 g/mol. The molecule has 0 radical (unpaired) electrons. The maximum Gasteiger partial charge on any atom is 0.242 e. The summed E-state index contributed by atoms with van der Waals surface area (Å²) in [5, 5.41) is 12.9. The van der Waals surface area contributed by atoms with Crippen molar-refractivity contribution in [2.75, 3.05) is 110 Å². The first kappa shape index (κ1) is 64.4. The first-order chi connectivity index (χ1) is 35.1. The van der Waals surface area contributed by atoms with Crippen molar-refractivity contribution in [1.29, 1.82) is 0 Å². The van der Waals surface area contributed by atoms with Gasteiger partial charge in [0.25, 0.3) is 0 Å². The Balaban J connectivity index is 2.07. The van der Waals surface area contributed by atoms with Crippen LogP contribution in [0.1, 0.15) is 116 Å². The molecule has 1 unspecified atom stereocenters. The molecule has 0 aromatic heterocycles. The fraction of sp³-hybridized carbons (Fsp3) is 0.796. The van der Waals surface area contributed by atoms with Gasteiger partial charge in [-0.1, -0.05) is 13.0 Å². The van der Waals surface area contributed by atoms with Crippen molar-refractivity contribution in [3.8, 4) is 0 Å². The summed E-state index contributed by atoms with van der Waals surface area (Å²) in [6.45, 7) is 6.86. The number of thioether (sulfide) groups is 1. The topological polar surface area (TPSA) is 357 Å². The highest BCUT2D eigenvalue weighted by molar-refractivity contribution is 8.00. The SMILES string of the molecule is C=C1N[C@H]2CSC(CCCCC(=O)NCCCC[C@H](NC(=O)CN(CCCCN)C(=O)CN(CCCCN)C(=O)CN(CCCCN)C(=O)CN(CCCCN)C(=O)CN(CCCCN)C(C)=O)C(N)=O)[C@H]2N1. The minimum atomic E-state index is -1.02. The second-order valence-electron chi connectivity index (χ2n) is 19.1. The van der Waals surface area contributed by atoms with Crippen molar-refractivity contribution in [2.24, 2.45) is 34.4 Å². The highest BCUT2D eigenvalue weighted by atomic mass is 32.2. The van der Waals surface area contributed by atoms with Gasteiger partial charge in [-0.3, -0.25) is 38.4 Å². The van der Waals surface area contributed by atoms with E-state index in [2.05, 4.69) is 27.8 Å². The van der Waals surface area contributed by atoms with Gasteiger partial charge in [0.15, 0.2) is 0 Å². The van der Waals surface area contributed by atoms with Crippen LogP contribution in [0.3, 0.4) is 0 Å². The molecular formula is C49H93N15O8S. The number of amides is 8. The average Bonchev–Trinajstić information content (AvgIpc) is 3.91. The number of nitrogens with zero attached hydrogens (tertiary/aromatic N) is 5. The first-order valence-electron chi connectivity index (χ1n) is 26.6. The van der Waals surface area contributed by atoms with E-state index in [4.69, 9.17) is 34.4 Å². The molecule has 0 saturated carbocycles. The van der Waals surface area contributed by atoms with Gasteiger partial charge in [-0.25, -0.2) is 0 Å². The van der Waals surface area contributed by atoms with Gasteiger partial charge in [-0.05, 0) is 129 Å². The van der Waals surface area contributed by atoms with Crippen LogP contribution in [0.5, 0.6) is 0 Å². The lowest BCUT2D eigenvalue weighted by Gasteiger charge is -2.32. The van der Waals surface area contributed by atoms with E-state index in [9.17, 15) is 38.4 Å². The van der Waals surface area contributed by atoms with Crippen LogP contribution in [-0.4, -0.2) is 206 Å². The van der Waals surface area contributed by atoms with Gasteiger partial charge in [0.05, 0.1) is 50.6 Å². The Bertz CT molecular complexity index is 1720. The van der Waals surface area contributed by atoms with Crippen molar-refractivity contribution in [1.82, 2.24) is 45.8 Å². The summed E-state index contributed by atoms with van der Waals surface area (Å²) < 4.78 is 0. The van der Waals surface area contributed by atoms with Crippen LogP contribution in [0, 0.1) is 0 Å². The summed E-state index contributed by atoms with van der Waals surface area (Å²) in [7, 11) is 0. The zero-order valence-electron chi connectivity index (χ0n) is 43.9. The molecule has 2 heterocycles. The Morgan fingerprint density at radius 3 is 1.45 bits per heavy atom. The second kappa shape index (κ2) is 37.9. The number of nitrogens with one attached hydrogen (secondary N) is 4. The Hall–Kier alpha value is -4.75. The quantitative estimate of drug-likeness (QED) is 0.0301. The third-order valence-electron chi connectivity index (χ3n) is 13.0. The number of hydrogen-bond donors (Lipinski definition) is 10. The van der Waals surface area contributed by atoms with Crippen LogP contribution >= 0.6 is 11.8 Å². The van der Waals surface area contributed by atoms with Crippen molar-refractivity contribution in [2.45, 2.75) is 139 Å². The van der Waals surface area contributed by atoms with E-state index in [-0.39, 0.29) is 57.5 Å². The summed E-state index contributed by atoms with van der Waals surface area (Å²) in [6, 6.07) is -0.220. The van der Waals surface area contributed by atoms with E-state index in [1.807, 2.05) is 11.8 Å². The minimum absolute atomic E-state index is 0.0348. The lowest BCUT2D eigenvalue weighted by Crippen LogP contribution is -2.52. The van der Waals surface area contributed by atoms with Crippen molar-refractivity contribution in [3.05, 3.63) is 12.4 Å². The van der Waals surface area contributed by atoms with Crippen LogP contribution in [0.2, 0.25) is 0 Å². The Labute approximate surface area is 438 Å². The predicted octanol–water partition coefficient (Wildman–Crippen LogP) is -1.82. The van der Waals surface area contributed by atoms with Crippen molar-refractivity contribution >= 4 is 59.0 Å². The van der Waals surface area contributed by atoms with E-state index < -0.39 is 61.1 Å². The fourth-order valence-corrected chi connectivity index (χ4v) is 10.2. The molecule has 24 heteroatoms. The van der Waals surface area contributed by atoms with Crippen molar-refractivity contribution in [3.63, 3.8) is 0 Å². The summed E-state index contributed by atoms with van der Waals surface area (Å²) in [4.78, 5) is 114. The monoisotopic (exact) mass is 1050 g/mol. The summed E-state index contributed by atoms with van der Waals surface area (Å²) in [5.74, 6) is -1.69. The molecule has 2 aliphatic rings. The highest BCUT2D eigenvalue weighted by Crippen LogP contribution is 2.34. The normalized spacial score (nSPS) is 16.1. The molecule has 2 fully saturated rings. The van der Waals surface area contributed by atoms with Crippen LogP contribution in [-0.2, 0) is 38.4 Å². The number of fused-ring (bicyclic) bond motifs is 1. The molecule has 0 aliphatic carbocycles. The van der Waals surface area contributed by atoms with Crippen LogP contribution in [0.4, 0.5) is 0 Å². The lowest BCUT2D eigenvalue weighted by atomic mass is 10.0. The van der Waals surface area contributed by atoms with E-state index in [0.29, 0.717) is 147 Å². The zero-order valence-corrected chi connectivity index (χ0v) is 44.7. The third kappa shape index (κ3) is 26.3. The average molecular weight is 1050 g/mol. The number of unbranched alkanes of at least 4 members (excludes halogenated alkanes) is 7. The van der Waals surface area contributed by atoms with Crippen LogP contribution in [0.15, 0.2) is 12.4 Å². The molecule has 2 saturated heterocycles. The van der Waals surface area contributed by atoms with Gasteiger partial charge < -0.3 is 80.2 Å². The molecule has 0 aromatic carbocycles. The molecule has 0 bridgehead atoms. The molecule has 2 rings (SSSR count). The Morgan fingerprint density at radius 1 is 0.575 bits per heavy atom. The van der Waals surface area contributed by atoms with Gasteiger partial charge >= 0.3 is 0 Å². The van der Waals surface area contributed by atoms with E-state index in [0.717, 1.165) is 30.8 Å². The molecule has 418 valence electrons. The maximum atomic E-state index is 14.2.